The number of halogens is 1. The molecule has 0 spiro atoms. The number of benzene rings is 2. The summed E-state index contributed by atoms with van der Waals surface area (Å²) < 4.78 is 5.16. The van der Waals surface area contributed by atoms with Gasteiger partial charge in [-0.1, -0.05) is 12.1 Å². The molecule has 0 aliphatic heterocycles. The molecule has 26 heavy (non-hydrogen) atoms. The van der Waals surface area contributed by atoms with Gasteiger partial charge in [0.1, 0.15) is 11.5 Å². The van der Waals surface area contributed by atoms with Crippen LogP contribution < -0.4 is 10.1 Å². The number of phenols is 1. The highest BCUT2D eigenvalue weighted by Gasteiger charge is 2.11. The van der Waals surface area contributed by atoms with E-state index in [1.807, 2.05) is 18.4 Å². The minimum Gasteiger partial charge on any atom is -0.507 e. The second kappa shape index (κ2) is 11.3. The monoisotopic (exact) mass is 439 g/mol. The van der Waals surface area contributed by atoms with Crippen LogP contribution in [0, 0.1) is 0 Å². The van der Waals surface area contributed by atoms with Crippen LogP contribution in [0.1, 0.15) is 29.3 Å². The predicted octanol–water partition coefficient (Wildman–Crippen LogP) is 4.49. The highest BCUT2D eigenvalue weighted by Crippen LogP contribution is 2.27. The molecule has 0 radical (unpaired) electrons. The number of ketones is 1. The van der Waals surface area contributed by atoms with Gasteiger partial charge in [-0.25, -0.2) is 0 Å². The lowest BCUT2D eigenvalue weighted by Gasteiger charge is -2.14. The van der Waals surface area contributed by atoms with Gasteiger partial charge in [-0.05, 0) is 61.9 Å². The van der Waals surface area contributed by atoms with E-state index < -0.39 is 0 Å². The van der Waals surface area contributed by atoms with Gasteiger partial charge in [-0.3, -0.25) is 4.79 Å². The largest absolute Gasteiger partial charge is 0.507 e. The second-order valence-corrected chi connectivity index (χ2v) is 6.83. The van der Waals surface area contributed by atoms with Crippen molar-refractivity contribution < 1.29 is 14.6 Å². The van der Waals surface area contributed by atoms with E-state index in [1.165, 1.54) is 17.3 Å². The van der Waals surface area contributed by atoms with Gasteiger partial charge in [0, 0.05) is 16.5 Å². The van der Waals surface area contributed by atoms with Gasteiger partial charge in [-0.2, -0.15) is 0 Å². The highest BCUT2D eigenvalue weighted by atomic mass is 79.9. The van der Waals surface area contributed by atoms with Gasteiger partial charge in [-0.15, -0.1) is 28.7 Å². The molecule has 2 aromatic carbocycles. The third-order valence-corrected chi connectivity index (χ3v) is 4.90. The van der Waals surface area contributed by atoms with E-state index in [0.29, 0.717) is 12.1 Å². The summed E-state index contributed by atoms with van der Waals surface area (Å²) >= 11 is 1.43. The molecule has 1 atom stereocenters. The third kappa shape index (κ3) is 6.67. The zero-order chi connectivity index (χ0) is 18.2. The summed E-state index contributed by atoms with van der Waals surface area (Å²) in [4.78, 5) is 13.0. The van der Waals surface area contributed by atoms with Crippen molar-refractivity contribution in [2.45, 2.75) is 30.7 Å². The molecule has 1 unspecified atom stereocenters. The number of phenolic OH excluding ortho intramolecular Hbond substituents is 1. The fraction of sp³-hybridized carbons (Fsp3) is 0.350. The summed E-state index contributed by atoms with van der Waals surface area (Å²) in [6.07, 6.45) is 3.77. The maximum atomic E-state index is 12.3. The Kier molecular flexibility index (Phi) is 9.76. The van der Waals surface area contributed by atoms with Crippen molar-refractivity contribution in [1.29, 1.82) is 0 Å². The van der Waals surface area contributed by atoms with Gasteiger partial charge >= 0.3 is 0 Å². The first kappa shape index (κ1) is 22.5. The highest BCUT2D eigenvalue weighted by molar-refractivity contribution is 8.93. The number of aromatic hydroxyl groups is 1. The average Bonchev–Trinajstić information content (AvgIpc) is 2.65. The Morgan fingerprint density at radius 3 is 2.54 bits per heavy atom. The Bertz CT molecular complexity index is 707. The fourth-order valence-electron chi connectivity index (χ4n) is 2.50. The molecule has 0 saturated carbocycles. The number of carbonyl (C=O) groups is 1. The van der Waals surface area contributed by atoms with Crippen LogP contribution in [0.15, 0.2) is 47.4 Å². The number of Topliss-reactive ketones (excluding diaryl/α,β-unsaturated/α-hetero) is 1. The maximum Gasteiger partial charge on any atom is 0.176 e. The van der Waals surface area contributed by atoms with Crippen molar-refractivity contribution in [2.24, 2.45) is 0 Å². The zero-order valence-electron chi connectivity index (χ0n) is 15.3. The van der Waals surface area contributed by atoms with Crippen molar-refractivity contribution in [3.05, 3.63) is 53.6 Å². The Morgan fingerprint density at radius 1 is 1.23 bits per heavy atom. The van der Waals surface area contributed by atoms with Crippen LogP contribution in [0.25, 0.3) is 0 Å². The van der Waals surface area contributed by atoms with Crippen LogP contribution in [0.4, 0.5) is 0 Å². The van der Waals surface area contributed by atoms with Gasteiger partial charge in [0.15, 0.2) is 5.78 Å². The summed E-state index contributed by atoms with van der Waals surface area (Å²) in [6.45, 7) is 2.38. The standard InChI is InChI=1S/C20H25NO3S.BrH/c1-14(4-5-15-6-9-17(24-2)10-7-15)21-13-19(23)16-8-11-18(22)20(12-16)25-3;/h6-12,14,21-22H,4-5,13H2,1-3H3;1H. The van der Waals surface area contributed by atoms with Crippen molar-refractivity contribution in [3.8, 4) is 11.5 Å². The fourth-order valence-corrected chi connectivity index (χ4v) is 3.02. The first-order valence-electron chi connectivity index (χ1n) is 8.30. The molecule has 142 valence electrons. The molecule has 2 aromatic rings. The van der Waals surface area contributed by atoms with Crippen molar-refractivity contribution >= 4 is 34.5 Å². The number of carbonyl (C=O) groups excluding carboxylic acids is 1. The number of thioether (sulfide) groups is 1. The summed E-state index contributed by atoms with van der Waals surface area (Å²) in [5, 5.41) is 13.0. The van der Waals surface area contributed by atoms with Gasteiger partial charge in [0.2, 0.25) is 0 Å². The minimum absolute atomic E-state index is 0. The van der Waals surface area contributed by atoms with Crippen LogP contribution in [0.3, 0.4) is 0 Å². The molecule has 0 aromatic heterocycles. The van der Waals surface area contributed by atoms with E-state index in [0.717, 1.165) is 23.5 Å². The van der Waals surface area contributed by atoms with Crippen molar-refractivity contribution in [1.82, 2.24) is 5.32 Å². The lowest BCUT2D eigenvalue weighted by molar-refractivity contribution is 0.0987. The van der Waals surface area contributed by atoms with E-state index in [2.05, 4.69) is 24.4 Å². The number of methoxy groups -OCH3 is 1. The van der Waals surface area contributed by atoms with Crippen LogP contribution in [-0.4, -0.2) is 36.8 Å². The smallest absolute Gasteiger partial charge is 0.176 e. The molecule has 0 saturated heterocycles. The molecular weight excluding hydrogens is 414 g/mol. The second-order valence-electron chi connectivity index (χ2n) is 5.98. The van der Waals surface area contributed by atoms with Crippen LogP contribution >= 0.6 is 28.7 Å². The van der Waals surface area contributed by atoms with Crippen molar-refractivity contribution in [3.63, 3.8) is 0 Å². The number of rotatable bonds is 9. The summed E-state index contributed by atoms with van der Waals surface area (Å²) in [7, 11) is 1.66. The predicted molar refractivity (Wildman–Crippen MR) is 113 cm³/mol. The van der Waals surface area contributed by atoms with E-state index in [9.17, 15) is 9.90 Å². The zero-order valence-corrected chi connectivity index (χ0v) is 17.8. The molecule has 4 nitrogen and oxygen atoms in total. The third-order valence-electron chi connectivity index (χ3n) is 4.14. The molecule has 0 bridgehead atoms. The summed E-state index contributed by atoms with van der Waals surface area (Å²) in [6, 6.07) is 13.3. The molecule has 0 amide bonds. The first-order chi connectivity index (χ1) is 12.0. The Hall–Kier alpha value is -1.50. The normalized spacial score (nSPS) is 11.5. The van der Waals surface area contributed by atoms with E-state index in [4.69, 9.17) is 4.74 Å². The Balaban J connectivity index is 0.00000338. The maximum absolute atomic E-state index is 12.3. The summed E-state index contributed by atoms with van der Waals surface area (Å²) in [5.74, 6) is 1.11. The van der Waals surface area contributed by atoms with Gasteiger partial charge in [0.25, 0.3) is 0 Å². The minimum atomic E-state index is 0. The Labute approximate surface area is 170 Å². The van der Waals surface area contributed by atoms with Crippen LogP contribution in [-0.2, 0) is 6.42 Å². The van der Waals surface area contributed by atoms with Crippen LogP contribution in [0.5, 0.6) is 11.5 Å². The van der Waals surface area contributed by atoms with Crippen molar-refractivity contribution in [2.75, 3.05) is 19.9 Å². The van der Waals surface area contributed by atoms with E-state index in [-0.39, 0.29) is 34.6 Å². The molecule has 2 N–H and O–H groups in total. The molecule has 0 aliphatic carbocycles. The Morgan fingerprint density at radius 2 is 1.92 bits per heavy atom. The molecular formula is C20H26BrNO3S. The van der Waals surface area contributed by atoms with E-state index in [1.54, 1.807) is 25.3 Å². The van der Waals surface area contributed by atoms with Crippen LogP contribution in [0.2, 0.25) is 0 Å². The molecule has 6 heteroatoms. The van der Waals surface area contributed by atoms with Gasteiger partial charge < -0.3 is 15.2 Å². The number of hydrogen-bond donors (Lipinski definition) is 2. The molecule has 2 rings (SSSR count). The average molecular weight is 440 g/mol. The lowest BCUT2D eigenvalue weighted by atomic mass is 10.1. The number of ether oxygens (including phenoxy) is 1. The topological polar surface area (TPSA) is 58.6 Å². The number of aryl methyl sites for hydroxylation is 1. The quantitative estimate of drug-likeness (QED) is 0.445. The molecule has 0 fully saturated rings. The number of hydrogen-bond acceptors (Lipinski definition) is 5. The lowest BCUT2D eigenvalue weighted by Crippen LogP contribution is -2.31. The van der Waals surface area contributed by atoms with Gasteiger partial charge in [0.05, 0.1) is 13.7 Å². The SMILES string of the molecule is Br.COc1ccc(CCC(C)NCC(=O)c2ccc(O)c(SC)c2)cc1. The first-order valence-corrected chi connectivity index (χ1v) is 9.52. The van der Waals surface area contributed by atoms with E-state index >= 15 is 0 Å². The number of nitrogens with one attached hydrogen (secondary N) is 1. The molecule has 0 heterocycles. The summed E-state index contributed by atoms with van der Waals surface area (Å²) in [5.41, 5.74) is 1.88. The molecule has 0 aliphatic rings.